The first kappa shape index (κ1) is 18.5. The van der Waals surface area contributed by atoms with E-state index >= 15 is 0 Å². The van der Waals surface area contributed by atoms with Crippen molar-refractivity contribution in [1.82, 2.24) is 14.7 Å². The maximum Gasteiger partial charge on any atom is 0.410 e. The Bertz CT molecular complexity index is 544. The maximum absolute atomic E-state index is 12.6. The van der Waals surface area contributed by atoms with Gasteiger partial charge in [0.05, 0.1) is 19.6 Å². The van der Waals surface area contributed by atoms with E-state index in [2.05, 4.69) is 0 Å². The summed E-state index contributed by atoms with van der Waals surface area (Å²) in [6.07, 6.45) is -1.33. The standard InChI is InChI=1S/C15H26N4O5/c1-10(20)19-6-5-17(13(23)24-14(2,3)4)8-15(19)9-18(12(15)22)7-11(16)21/h10,20H,5-9H2,1-4H3,(H2,16,21). The predicted octanol–water partition coefficient (Wildman–Crippen LogP) is -1.06. The first-order valence-electron chi connectivity index (χ1n) is 7.97. The van der Waals surface area contributed by atoms with E-state index in [1.807, 2.05) is 0 Å². The second-order valence-corrected chi connectivity index (χ2v) is 7.39. The lowest BCUT2D eigenvalue weighted by molar-refractivity contribution is -0.187. The number of carbonyl (C=O) groups excluding carboxylic acids is 3. The van der Waals surface area contributed by atoms with Crippen LogP contribution in [0.2, 0.25) is 0 Å². The summed E-state index contributed by atoms with van der Waals surface area (Å²) < 4.78 is 5.37. The topological polar surface area (TPSA) is 116 Å². The van der Waals surface area contributed by atoms with Crippen LogP contribution in [0.3, 0.4) is 0 Å². The quantitative estimate of drug-likeness (QED) is 0.632. The number of primary amides is 1. The van der Waals surface area contributed by atoms with Gasteiger partial charge in [0.2, 0.25) is 11.8 Å². The lowest BCUT2D eigenvalue weighted by Gasteiger charge is -2.58. The summed E-state index contributed by atoms with van der Waals surface area (Å²) in [5.74, 6) is -0.905. The minimum atomic E-state index is -1.03. The Morgan fingerprint density at radius 3 is 2.42 bits per heavy atom. The second-order valence-electron chi connectivity index (χ2n) is 7.39. The van der Waals surface area contributed by atoms with E-state index in [1.165, 1.54) is 9.80 Å². The zero-order valence-electron chi connectivity index (χ0n) is 14.6. The molecule has 2 fully saturated rings. The van der Waals surface area contributed by atoms with Crippen LogP contribution in [0.4, 0.5) is 4.79 Å². The predicted molar refractivity (Wildman–Crippen MR) is 84.7 cm³/mol. The molecule has 3 amide bonds. The Hall–Kier alpha value is -1.87. The molecule has 2 atom stereocenters. The van der Waals surface area contributed by atoms with Gasteiger partial charge in [-0.05, 0) is 27.7 Å². The van der Waals surface area contributed by atoms with Gasteiger partial charge in [0.15, 0.2) is 0 Å². The van der Waals surface area contributed by atoms with Crippen molar-refractivity contribution in [2.24, 2.45) is 5.73 Å². The highest BCUT2D eigenvalue weighted by Gasteiger charge is 2.60. The summed E-state index contributed by atoms with van der Waals surface area (Å²) in [5, 5.41) is 10.0. The van der Waals surface area contributed by atoms with Crippen LogP contribution < -0.4 is 5.73 Å². The molecule has 24 heavy (non-hydrogen) atoms. The van der Waals surface area contributed by atoms with Crippen LogP contribution in [-0.2, 0) is 14.3 Å². The van der Waals surface area contributed by atoms with Gasteiger partial charge in [0.25, 0.3) is 0 Å². The van der Waals surface area contributed by atoms with Crippen molar-refractivity contribution in [1.29, 1.82) is 0 Å². The number of hydrogen-bond donors (Lipinski definition) is 2. The molecule has 0 aromatic heterocycles. The van der Waals surface area contributed by atoms with Crippen molar-refractivity contribution in [3.05, 3.63) is 0 Å². The molecule has 0 bridgehead atoms. The number of nitrogens with zero attached hydrogens (tertiary/aromatic N) is 3. The third-order valence-electron chi connectivity index (χ3n) is 4.20. The van der Waals surface area contributed by atoms with E-state index in [9.17, 15) is 19.5 Å². The highest BCUT2D eigenvalue weighted by atomic mass is 16.6. The van der Waals surface area contributed by atoms with Gasteiger partial charge in [0, 0.05) is 13.1 Å². The van der Waals surface area contributed by atoms with Gasteiger partial charge in [-0.15, -0.1) is 0 Å². The number of rotatable bonds is 3. The van der Waals surface area contributed by atoms with E-state index in [0.29, 0.717) is 13.1 Å². The molecule has 0 radical (unpaired) electrons. The van der Waals surface area contributed by atoms with Gasteiger partial charge in [-0.1, -0.05) is 0 Å². The first-order valence-corrected chi connectivity index (χ1v) is 7.97. The van der Waals surface area contributed by atoms with Crippen molar-refractivity contribution >= 4 is 17.9 Å². The summed E-state index contributed by atoms with van der Waals surface area (Å²) in [5.41, 5.74) is 3.48. The Labute approximate surface area is 141 Å². The van der Waals surface area contributed by atoms with Gasteiger partial charge < -0.3 is 25.4 Å². The number of β-lactam (4-membered cyclic amide) rings is 1. The molecule has 2 saturated heterocycles. The molecule has 0 aromatic carbocycles. The fourth-order valence-corrected chi connectivity index (χ4v) is 3.26. The van der Waals surface area contributed by atoms with Crippen LogP contribution in [0, 0.1) is 0 Å². The smallest absolute Gasteiger partial charge is 0.410 e. The number of carbonyl (C=O) groups is 3. The summed E-state index contributed by atoms with van der Waals surface area (Å²) in [6, 6.07) is 0. The second kappa shape index (κ2) is 6.21. The number of aliphatic hydroxyl groups excluding tert-OH is 1. The summed E-state index contributed by atoms with van der Waals surface area (Å²) >= 11 is 0. The fourth-order valence-electron chi connectivity index (χ4n) is 3.26. The molecule has 2 aliphatic rings. The van der Waals surface area contributed by atoms with E-state index in [4.69, 9.17) is 10.5 Å². The van der Waals surface area contributed by atoms with Crippen molar-refractivity contribution in [2.75, 3.05) is 32.7 Å². The molecular weight excluding hydrogens is 316 g/mol. The van der Waals surface area contributed by atoms with Gasteiger partial charge in [-0.3, -0.25) is 14.5 Å². The molecule has 0 saturated carbocycles. The Balaban J connectivity index is 2.15. The minimum absolute atomic E-state index is 0.112. The number of aliphatic hydroxyl groups is 1. The van der Waals surface area contributed by atoms with Crippen LogP contribution in [0.5, 0.6) is 0 Å². The van der Waals surface area contributed by atoms with Crippen LogP contribution in [-0.4, -0.2) is 87.8 Å². The highest BCUT2D eigenvalue weighted by molar-refractivity contribution is 5.96. The number of piperazine rings is 1. The van der Waals surface area contributed by atoms with Gasteiger partial charge in [0.1, 0.15) is 17.4 Å². The SMILES string of the molecule is CC(O)N1CCN(C(=O)OC(C)(C)C)CC12CN(CC(N)=O)C2=O. The van der Waals surface area contributed by atoms with E-state index in [-0.39, 0.29) is 25.5 Å². The number of amides is 3. The molecule has 2 rings (SSSR count). The summed E-state index contributed by atoms with van der Waals surface area (Å²) in [4.78, 5) is 40.4. The number of nitrogens with two attached hydrogens (primary N) is 1. The molecule has 3 N–H and O–H groups in total. The van der Waals surface area contributed by atoms with Crippen LogP contribution in [0.15, 0.2) is 0 Å². The third-order valence-corrected chi connectivity index (χ3v) is 4.20. The third kappa shape index (κ3) is 3.46. The Kier molecular flexibility index (Phi) is 4.78. The Morgan fingerprint density at radius 2 is 1.96 bits per heavy atom. The molecule has 0 aromatic rings. The average Bonchev–Trinajstić information content (AvgIpc) is 2.43. The molecule has 1 spiro atoms. The molecule has 9 heteroatoms. The molecular formula is C15H26N4O5. The molecule has 136 valence electrons. The van der Waals surface area contributed by atoms with Crippen molar-refractivity contribution in [2.45, 2.75) is 45.1 Å². The molecule has 2 unspecified atom stereocenters. The maximum atomic E-state index is 12.6. The van der Waals surface area contributed by atoms with Crippen LogP contribution in [0.25, 0.3) is 0 Å². The molecule has 0 aliphatic carbocycles. The largest absolute Gasteiger partial charge is 0.444 e. The monoisotopic (exact) mass is 342 g/mol. The van der Waals surface area contributed by atoms with E-state index in [0.717, 1.165) is 0 Å². The minimum Gasteiger partial charge on any atom is -0.444 e. The lowest BCUT2D eigenvalue weighted by Crippen LogP contribution is -2.81. The normalized spacial score (nSPS) is 26.3. The van der Waals surface area contributed by atoms with Gasteiger partial charge in [-0.2, -0.15) is 0 Å². The zero-order chi connectivity index (χ0) is 18.3. The van der Waals surface area contributed by atoms with Crippen LogP contribution >= 0.6 is 0 Å². The van der Waals surface area contributed by atoms with E-state index in [1.54, 1.807) is 32.6 Å². The highest BCUT2D eigenvalue weighted by Crippen LogP contribution is 2.34. The average molecular weight is 342 g/mol. The fraction of sp³-hybridized carbons (Fsp3) is 0.800. The molecule has 9 nitrogen and oxygen atoms in total. The van der Waals surface area contributed by atoms with Gasteiger partial charge >= 0.3 is 6.09 Å². The van der Waals surface area contributed by atoms with Gasteiger partial charge in [-0.25, -0.2) is 4.79 Å². The summed E-state index contributed by atoms with van der Waals surface area (Å²) in [7, 11) is 0. The lowest BCUT2D eigenvalue weighted by atomic mass is 9.83. The summed E-state index contributed by atoms with van der Waals surface area (Å²) in [6.45, 7) is 7.77. The van der Waals surface area contributed by atoms with E-state index < -0.39 is 29.4 Å². The first-order chi connectivity index (χ1) is 11.0. The van der Waals surface area contributed by atoms with Crippen molar-refractivity contribution in [3.63, 3.8) is 0 Å². The van der Waals surface area contributed by atoms with Crippen molar-refractivity contribution in [3.8, 4) is 0 Å². The molecule has 2 heterocycles. The molecule has 2 aliphatic heterocycles. The number of ether oxygens (including phenoxy) is 1. The zero-order valence-corrected chi connectivity index (χ0v) is 14.6. The number of likely N-dealkylation sites (tertiary alicyclic amines) is 1. The van der Waals surface area contributed by atoms with Crippen molar-refractivity contribution < 1.29 is 24.2 Å². The van der Waals surface area contributed by atoms with Crippen LogP contribution in [0.1, 0.15) is 27.7 Å². The number of hydrogen-bond acceptors (Lipinski definition) is 6. The Morgan fingerprint density at radius 1 is 1.33 bits per heavy atom.